The van der Waals surface area contributed by atoms with Crippen molar-refractivity contribution in [3.05, 3.63) is 13.8 Å². The van der Waals surface area contributed by atoms with Gasteiger partial charge in [-0.2, -0.15) is 0 Å². The Hall–Kier alpha value is -0.370. The van der Waals surface area contributed by atoms with E-state index in [1.54, 1.807) is 7.11 Å². The van der Waals surface area contributed by atoms with Gasteiger partial charge in [0.1, 0.15) is 5.78 Å². The fourth-order valence-corrected chi connectivity index (χ4v) is 1.53. The molecule has 0 aromatic rings. The lowest BCUT2D eigenvalue weighted by atomic mass is 10.1. The SMILES string of the molecule is [CH2]C(=O)CCCCCCC.[CH2]CCCCCOC. The first-order chi connectivity index (χ1) is 8.68. The number of ketones is 1. The monoisotopic (exact) mass is 256 g/mol. The zero-order valence-corrected chi connectivity index (χ0v) is 12.5. The van der Waals surface area contributed by atoms with E-state index in [0.29, 0.717) is 6.42 Å². The standard InChI is InChI=1S/C9H17O.C7H15O/c1-3-4-5-6-7-8-9(2)10;1-3-4-5-6-7-8-2/h2-8H2,1H3;1,3-7H2,2H3. The molecule has 2 radical (unpaired) electrons. The van der Waals surface area contributed by atoms with Crippen LogP contribution in [0.5, 0.6) is 0 Å². The third-order valence-corrected chi connectivity index (χ3v) is 2.66. The van der Waals surface area contributed by atoms with E-state index < -0.39 is 0 Å². The summed E-state index contributed by atoms with van der Waals surface area (Å²) < 4.78 is 4.87. The van der Waals surface area contributed by atoms with Crippen LogP contribution in [0.25, 0.3) is 0 Å². The summed E-state index contributed by atoms with van der Waals surface area (Å²) in [5, 5.41) is 0. The molecule has 0 aromatic heterocycles. The van der Waals surface area contributed by atoms with Gasteiger partial charge in [-0.25, -0.2) is 0 Å². The van der Waals surface area contributed by atoms with Gasteiger partial charge in [-0.05, 0) is 12.8 Å². The molecular weight excluding hydrogens is 224 g/mol. The normalized spacial score (nSPS) is 9.78. The molecule has 0 N–H and O–H groups in total. The first-order valence-electron chi connectivity index (χ1n) is 7.32. The van der Waals surface area contributed by atoms with Crippen molar-refractivity contribution in [2.75, 3.05) is 13.7 Å². The van der Waals surface area contributed by atoms with Gasteiger partial charge in [-0.3, -0.25) is 4.79 Å². The van der Waals surface area contributed by atoms with Crippen molar-refractivity contribution >= 4 is 5.78 Å². The number of ether oxygens (including phenoxy) is 1. The van der Waals surface area contributed by atoms with Crippen molar-refractivity contribution in [3.8, 4) is 0 Å². The predicted molar refractivity (Wildman–Crippen MR) is 79.4 cm³/mol. The van der Waals surface area contributed by atoms with Crippen molar-refractivity contribution in [2.24, 2.45) is 0 Å². The van der Waals surface area contributed by atoms with E-state index in [1.165, 1.54) is 44.9 Å². The highest BCUT2D eigenvalue weighted by atomic mass is 16.5. The van der Waals surface area contributed by atoms with Crippen LogP contribution in [0.2, 0.25) is 0 Å². The van der Waals surface area contributed by atoms with Gasteiger partial charge in [0.05, 0.1) is 0 Å². The second-order valence-electron chi connectivity index (χ2n) is 4.61. The average Bonchev–Trinajstić information content (AvgIpc) is 2.35. The molecule has 108 valence electrons. The Balaban J connectivity index is 0. The molecule has 0 saturated heterocycles. The molecule has 18 heavy (non-hydrogen) atoms. The fraction of sp³-hybridized carbons (Fsp3) is 0.812. The zero-order chi connectivity index (χ0) is 14.1. The quantitative estimate of drug-likeness (QED) is 0.497. The van der Waals surface area contributed by atoms with E-state index in [1.807, 2.05) is 0 Å². The zero-order valence-electron chi connectivity index (χ0n) is 12.5. The Morgan fingerprint density at radius 1 is 1.00 bits per heavy atom. The Morgan fingerprint density at radius 3 is 2.11 bits per heavy atom. The first kappa shape index (κ1) is 20.0. The number of carbonyl (C=O) groups excluding carboxylic acids is 1. The summed E-state index contributed by atoms with van der Waals surface area (Å²) in [6.45, 7) is 10.1. The van der Waals surface area contributed by atoms with Crippen LogP contribution in [0.4, 0.5) is 0 Å². The Kier molecular flexibility index (Phi) is 21.0. The molecule has 0 aliphatic carbocycles. The predicted octanol–water partition coefficient (Wildman–Crippen LogP) is 4.78. The smallest absolute Gasteiger partial charge is 0.133 e. The van der Waals surface area contributed by atoms with Gasteiger partial charge in [0, 0.05) is 27.1 Å². The number of rotatable bonds is 11. The van der Waals surface area contributed by atoms with Gasteiger partial charge in [-0.15, -0.1) is 0 Å². The Morgan fingerprint density at radius 2 is 1.61 bits per heavy atom. The lowest BCUT2D eigenvalue weighted by Crippen LogP contribution is -1.89. The van der Waals surface area contributed by atoms with Crippen LogP contribution in [0.1, 0.15) is 71.1 Å². The van der Waals surface area contributed by atoms with Gasteiger partial charge in [0.15, 0.2) is 0 Å². The lowest BCUT2D eigenvalue weighted by Gasteiger charge is -1.95. The molecule has 0 bridgehead atoms. The van der Waals surface area contributed by atoms with Crippen LogP contribution >= 0.6 is 0 Å². The van der Waals surface area contributed by atoms with E-state index in [-0.39, 0.29) is 5.78 Å². The summed E-state index contributed by atoms with van der Waals surface area (Å²) in [6, 6.07) is 0. The molecule has 0 atom stereocenters. The van der Waals surface area contributed by atoms with E-state index in [2.05, 4.69) is 20.8 Å². The summed E-state index contributed by atoms with van der Waals surface area (Å²) >= 11 is 0. The molecular formula is C16H32O2. The summed E-state index contributed by atoms with van der Waals surface area (Å²) in [5.41, 5.74) is 0. The molecule has 0 aliphatic rings. The number of hydrogen-bond donors (Lipinski definition) is 0. The molecule has 0 saturated carbocycles. The van der Waals surface area contributed by atoms with Crippen LogP contribution in [0.3, 0.4) is 0 Å². The van der Waals surface area contributed by atoms with Gasteiger partial charge in [0.2, 0.25) is 0 Å². The number of Topliss-reactive ketones (excluding diaryl/α,β-unsaturated/α-hetero) is 1. The largest absolute Gasteiger partial charge is 0.385 e. The van der Waals surface area contributed by atoms with Crippen molar-refractivity contribution in [1.82, 2.24) is 0 Å². The maximum Gasteiger partial charge on any atom is 0.133 e. The number of carbonyl (C=O) groups is 1. The highest BCUT2D eigenvalue weighted by Crippen LogP contribution is 2.04. The van der Waals surface area contributed by atoms with Crippen molar-refractivity contribution in [3.63, 3.8) is 0 Å². The van der Waals surface area contributed by atoms with Crippen molar-refractivity contribution in [1.29, 1.82) is 0 Å². The molecule has 2 heteroatoms. The molecule has 0 heterocycles. The first-order valence-corrected chi connectivity index (χ1v) is 7.32. The number of methoxy groups -OCH3 is 1. The van der Waals surface area contributed by atoms with E-state index in [0.717, 1.165) is 19.4 Å². The third kappa shape index (κ3) is 24.7. The maximum absolute atomic E-state index is 10.4. The maximum atomic E-state index is 10.4. The molecule has 0 aromatic carbocycles. The van der Waals surface area contributed by atoms with Crippen LogP contribution in [-0.2, 0) is 9.53 Å². The minimum Gasteiger partial charge on any atom is -0.385 e. The van der Waals surface area contributed by atoms with E-state index in [9.17, 15) is 4.79 Å². The summed E-state index contributed by atoms with van der Waals surface area (Å²) in [6.07, 6.45) is 11.5. The number of hydrogen-bond acceptors (Lipinski definition) is 2. The molecule has 0 fully saturated rings. The Labute approximate surface area is 114 Å². The van der Waals surface area contributed by atoms with Crippen molar-refractivity contribution < 1.29 is 9.53 Å². The van der Waals surface area contributed by atoms with Crippen LogP contribution in [-0.4, -0.2) is 19.5 Å². The third-order valence-electron chi connectivity index (χ3n) is 2.66. The van der Waals surface area contributed by atoms with Gasteiger partial charge >= 0.3 is 0 Å². The average molecular weight is 256 g/mol. The minimum absolute atomic E-state index is 0.0801. The highest BCUT2D eigenvalue weighted by Gasteiger charge is 1.92. The summed E-state index contributed by atoms with van der Waals surface area (Å²) in [5.74, 6) is 0.0801. The van der Waals surface area contributed by atoms with E-state index >= 15 is 0 Å². The summed E-state index contributed by atoms with van der Waals surface area (Å²) in [4.78, 5) is 10.4. The minimum atomic E-state index is 0.0801. The van der Waals surface area contributed by atoms with Gasteiger partial charge in [-0.1, -0.05) is 58.8 Å². The molecule has 0 unspecified atom stereocenters. The molecule has 0 amide bonds. The van der Waals surface area contributed by atoms with Gasteiger partial charge < -0.3 is 4.74 Å². The molecule has 0 aliphatic heterocycles. The van der Waals surface area contributed by atoms with E-state index in [4.69, 9.17) is 4.74 Å². The topological polar surface area (TPSA) is 26.3 Å². The second kappa shape index (κ2) is 19.0. The second-order valence-corrected chi connectivity index (χ2v) is 4.61. The molecule has 0 rings (SSSR count). The van der Waals surface area contributed by atoms with Gasteiger partial charge in [0.25, 0.3) is 0 Å². The van der Waals surface area contributed by atoms with Crippen LogP contribution < -0.4 is 0 Å². The molecule has 0 spiro atoms. The van der Waals surface area contributed by atoms with Crippen LogP contribution in [0.15, 0.2) is 0 Å². The fourth-order valence-electron chi connectivity index (χ4n) is 1.53. The molecule has 2 nitrogen and oxygen atoms in total. The van der Waals surface area contributed by atoms with Crippen LogP contribution in [0, 0.1) is 13.8 Å². The number of unbranched alkanes of at least 4 members (excludes halogenated alkanes) is 7. The Bertz CT molecular complexity index is 149. The van der Waals surface area contributed by atoms with Crippen molar-refractivity contribution in [2.45, 2.75) is 71.1 Å². The highest BCUT2D eigenvalue weighted by molar-refractivity contribution is 5.82. The summed E-state index contributed by atoms with van der Waals surface area (Å²) in [7, 11) is 1.74. The lowest BCUT2D eigenvalue weighted by molar-refractivity contribution is -0.114.